The van der Waals surface area contributed by atoms with Gasteiger partial charge in [-0.2, -0.15) is 0 Å². The molecule has 0 aliphatic rings. The van der Waals surface area contributed by atoms with Crippen LogP contribution in [0.15, 0.2) is 18.2 Å². The van der Waals surface area contributed by atoms with Crippen molar-refractivity contribution < 1.29 is 14.6 Å². The number of ether oxygens (including phenoxy) is 1. The van der Waals surface area contributed by atoms with E-state index in [1.807, 2.05) is 0 Å². The van der Waals surface area contributed by atoms with E-state index in [0.29, 0.717) is 12.8 Å². The molecular weight excluding hydrogens is 208 g/mol. The summed E-state index contributed by atoms with van der Waals surface area (Å²) in [6, 6.07) is 5.09. The molecule has 3 N–H and O–H groups in total. The third kappa shape index (κ3) is 4.75. The molecule has 0 spiro atoms. The maximum Gasteiger partial charge on any atom is 0.411 e. The number of nitrogens with two attached hydrogens (primary N) is 1. The Morgan fingerprint density at radius 3 is 2.81 bits per heavy atom. The lowest BCUT2D eigenvalue weighted by molar-refractivity contribution is 0.0710. The maximum absolute atomic E-state index is 10.5. The average Bonchev–Trinajstić information content (AvgIpc) is 2.13. The number of hydrogen-bond donors (Lipinski definition) is 2. The van der Waals surface area contributed by atoms with Gasteiger partial charge in [-0.05, 0) is 32.8 Å². The predicted octanol–water partition coefficient (Wildman–Crippen LogP) is 1.24. The largest absolute Gasteiger partial charge is 0.411 e. The standard InChI is InChI=1S/C11H16N2O3/c1-11(2,15)7-6-8-4-3-5-9(13-8)16-10(12)14/h3-5,15H,6-7H2,1-2H3,(H2,12,14). The monoisotopic (exact) mass is 224 g/mol. The Morgan fingerprint density at radius 1 is 1.56 bits per heavy atom. The molecule has 0 aromatic carbocycles. The minimum absolute atomic E-state index is 0.181. The van der Waals surface area contributed by atoms with Gasteiger partial charge in [0.05, 0.1) is 5.60 Å². The van der Waals surface area contributed by atoms with E-state index in [2.05, 4.69) is 9.72 Å². The van der Waals surface area contributed by atoms with Crippen LogP contribution in [0, 0.1) is 0 Å². The van der Waals surface area contributed by atoms with Crippen molar-refractivity contribution in [3.8, 4) is 5.88 Å². The third-order valence-corrected chi connectivity index (χ3v) is 1.98. The topological polar surface area (TPSA) is 85.4 Å². The smallest absolute Gasteiger partial charge is 0.391 e. The molecule has 5 nitrogen and oxygen atoms in total. The lowest BCUT2D eigenvalue weighted by atomic mass is 10.0. The second kappa shape index (κ2) is 4.94. The van der Waals surface area contributed by atoms with Crippen LogP contribution in [0.5, 0.6) is 5.88 Å². The van der Waals surface area contributed by atoms with Gasteiger partial charge in [-0.25, -0.2) is 9.78 Å². The van der Waals surface area contributed by atoms with E-state index in [1.165, 1.54) is 0 Å². The highest BCUT2D eigenvalue weighted by Crippen LogP contribution is 2.14. The van der Waals surface area contributed by atoms with Gasteiger partial charge in [0.25, 0.3) is 0 Å². The number of aromatic nitrogens is 1. The molecule has 0 saturated heterocycles. The zero-order chi connectivity index (χ0) is 12.2. The van der Waals surface area contributed by atoms with Gasteiger partial charge in [0, 0.05) is 11.8 Å². The molecule has 1 heterocycles. The van der Waals surface area contributed by atoms with E-state index in [0.717, 1.165) is 5.69 Å². The summed E-state index contributed by atoms with van der Waals surface area (Å²) in [7, 11) is 0. The molecule has 0 bridgehead atoms. The molecule has 16 heavy (non-hydrogen) atoms. The summed E-state index contributed by atoms with van der Waals surface area (Å²) in [5, 5.41) is 9.56. The van der Waals surface area contributed by atoms with Gasteiger partial charge in [-0.3, -0.25) is 0 Å². The first-order chi connectivity index (χ1) is 7.37. The maximum atomic E-state index is 10.5. The number of rotatable bonds is 4. The van der Waals surface area contributed by atoms with Gasteiger partial charge in [-0.1, -0.05) is 6.07 Å². The van der Waals surface area contributed by atoms with Gasteiger partial charge in [0.1, 0.15) is 0 Å². The Labute approximate surface area is 94.2 Å². The van der Waals surface area contributed by atoms with Crippen LogP contribution >= 0.6 is 0 Å². The number of aliphatic hydroxyl groups is 1. The summed E-state index contributed by atoms with van der Waals surface area (Å²) in [5.74, 6) is 0.181. The van der Waals surface area contributed by atoms with E-state index in [9.17, 15) is 9.90 Å². The van der Waals surface area contributed by atoms with Crippen LogP contribution in [0.2, 0.25) is 0 Å². The fourth-order valence-electron chi connectivity index (χ4n) is 1.19. The SMILES string of the molecule is CC(C)(O)CCc1cccc(OC(N)=O)n1. The van der Waals surface area contributed by atoms with Crippen LogP contribution in [0.3, 0.4) is 0 Å². The molecule has 0 atom stereocenters. The van der Waals surface area contributed by atoms with Crippen molar-refractivity contribution in [1.82, 2.24) is 4.98 Å². The first-order valence-electron chi connectivity index (χ1n) is 5.02. The number of nitrogens with zero attached hydrogens (tertiary/aromatic N) is 1. The summed E-state index contributed by atoms with van der Waals surface area (Å²) in [4.78, 5) is 14.6. The first-order valence-corrected chi connectivity index (χ1v) is 5.02. The summed E-state index contributed by atoms with van der Waals surface area (Å²) < 4.78 is 4.65. The van der Waals surface area contributed by atoms with Crippen molar-refractivity contribution in [2.75, 3.05) is 0 Å². The summed E-state index contributed by atoms with van der Waals surface area (Å²) in [5.41, 5.74) is 4.89. The number of carbonyl (C=O) groups excluding carboxylic acids is 1. The summed E-state index contributed by atoms with van der Waals surface area (Å²) in [6.07, 6.45) is 0.312. The normalized spacial score (nSPS) is 11.2. The highest BCUT2D eigenvalue weighted by atomic mass is 16.6. The van der Waals surface area contributed by atoms with Crippen molar-refractivity contribution in [2.24, 2.45) is 5.73 Å². The van der Waals surface area contributed by atoms with Crippen molar-refractivity contribution >= 4 is 6.09 Å². The van der Waals surface area contributed by atoms with Gasteiger partial charge in [0.2, 0.25) is 5.88 Å². The fraction of sp³-hybridized carbons (Fsp3) is 0.455. The number of primary amides is 1. The highest BCUT2D eigenvalue weighted by molar-refractivity contribution is 5.67. The lowest BCUT2D eigenvalue weighted by Crippen LogP contribution is -2.20. The predicted molar refractivity (Wildman–Crippen MR) is 59.1 cm³/mol. The molecule has 0 aliphatic carbocycles. The number of pyridine rings is 1. The van der Waals surface area contributed by atoms with Crippen LogP contribution in [0.1, 0.15) is 26.0 Å². The quantitative estimate of drug-likeness (QED) is 0.805. The van der Waals surface area contributed by atoms with Gasteiger partial charge in [0.15, 0.2) is 0 Å². The Morgan fingerprint density at radius 2 is 2.25 bits per heavy atom. The third-order valence-electron chi connectivity index (χ3n) is 1.98. The van der Waals surface area contributed by atoms with Crippen LogP contribution in [0.25, 0.3) is 0 Å². The Hall–Kier alpha value is -1.62. The van der Waals surface area contributed by atoms with Gasteiger partial charge < -0.3 is 15.6 Å². The molecule has 0 unspecified atom stereocenters. The molecule has 1 amide bonds. The second-order valence-electron chi connectivity index (χ2n) is 4.20. The number of aryl methyl sites for hydroxylation is 1. The minimum atomic E-state index is -0.882. The van der Waals surface area contributed by atoms with Gasteiger partial charge >= 0.3 is 6.09 Å². The lowest BCUT2D eigenvalue weighted by Gasteiger charge is -2.16. The molecule has 1 rings (SSSR count). The number of amides is 1. The van der Waals surface area contributed by atoms with Crippen molar-refractivity contribution in [1.29, 1.82) is 0 Å². The molecule has 0 fully saturated rings. The molecule has 1 aromatic heterocycles. The van der Waals surface area contributed by atoms with E-state index in [1.54, 1.807) is 32.0 Å². The highest BCUT2D eigenvalue weighted by Gasteiger charge is 2.13. The van der Waals surface area contributed by atoms with E-state index in [-0.39, 0.29) is 5.88 Å². The number of hydrogen-bond acceptors (Lipinski definition) is 4. The Balaban J connectivity index is 2.64. The zero-order valence-corrected chi connectivity index (χ0v) is 9.43. The Bertz CT molecular complexity index is 372. The number of carbonyl (C=O) groups is 1. The molecule has 0 radical (unpaired) electrons. The second-order valence-corrected chi connectivity index (χ2v) is 4.20. The molecule has 88 valence electrons. The fourth-order valence-corrected chi connectivity index (χ4v) is 1.19. The molecule has 0 aliphatic heterocycles. The van der Waals surface area contributed by atoms with Gasteiger partial charge in [-0.15, -0.1) is 0 Å². The summed E-state index contributed by atoms with van der Waals surface area (Å²) in [6.45, 7) is 3.47. The van der Waals surface area contributed by atoms with E-state index < -0.39 is 11.7 Å². The van der Waals surface area contributed by atoms with E-state index >= 15 is 0 Å². The van der Waals surface area contributed by atoms with E-state index in [4.69, 9.17) is 5.73 Å². The van der Waals surface area contributed by atoms with Crippen LogP contribution in [-0.4, -0.2) is 21.8 Å². The van der Waals surface area contributed by atoms with Crippen molar-refractivity contribution in [3.05, 3.63) is 23.9 Å². The average molecular weight is 224 g/mol. The van der Waals surface area contributed by atoms with Crippen LogP contribution < -0.4 is 10.5 Å². The van der Waals surface area contributed by atoms with Crippen molar-refractivity contribution in [2.45, 2.75) is 32.3 Å². The molecule has 1 aromatic rings. The van der Waals surface area contributed by atoms with Crippen LogP contribution in [-0.2, 0) is 6.42 Å². The molecule has 0 saturated carbocycles. The molecule has 5 heteroatoms. The molecular formula is C11H16N2O3. The zero-order valence-electron chi connectivity index (χ0n) is 9.43. The first kappa shape index (κ1) is 12.4. The van der Waals surface area contributed by atoms with Crippen molar-refractivity contribution in [3.63, 3.8) is 0 Å². The van der Waals surface area contributed by atoms with Crippen LogP contribution in [0.4, 0.5) is 4.79 Å². The summed E-state index contributed by atoms with van der Waals surface area (Å²) >= 11 is 0. The minimum Gasteiger partial charge on any atom is -0.391 e. The Kier molecular flexibility index (Phi) is 3.84.